The highest BCUT2D eigenvalue weighted by Gasteiger charge is 2.25. The summed E-state index contributed by atoms with van der Waals surface area (Å²) in [4.78, 5) is -1.14. The number of hydrazine groups is 1. The third-order valence-corrected chi connectivity index (χ3v) is 7.49. The largest absolute Gasteiger partial charge is 0.612 e. The molecule has 0 radical (unpaired) electrons. The average Bonchev–Trinajstić information content (AvgIpc) is 3.16. The third kappa shape index (κ3) is 4.05. The molecule has 2 aromatic rings. The normalized spacial score (nSPS) is 15.2. The van der Waals surface area contributed by atoms with Crippen molar-refractivity contribution in [3.8, 4) is 0 Å². The molecule has 1 heterocycles. The summed E-state index contributed by atoms with van der Waals surface area (Å²) in [5, 5.41) is 21.8. The molecule has 4 rings (SSSR count). The van der Waals surface area contributed by atoms with Gasteiger partial charge in [0.25, 0.3) is 10.0 Å². The standard InChI is InChI=1S/C20H17N4O6S2/c1-31(27,28)18-4-2-3-5-19(18)32(29,30)23-14-8-11-17-16(12-14)20(22-21-17)13-6-9-15(10-7-13)24(25)26/h2-12,21-23H,1H3/q-1. The van der Waals surface area contributed by atoms with Gasteiger partial charge >= 0.3 is 0 Å². The summed E-state index contributed by atoms with van der Waals surface area (Å²) in [6.45, 7) is 0. The molecule has 0 atom stereocenters. The van der Waals surface area contributed by atoms with Gasteiger partial charge in [0.15, 0.2) is 9.84 Å². The summed E-state index contributed by atoms with van der Waals surface area (Å²) in [6, 6.07) is 10.1. The Morgan fingerprint density at radius 2 is 1.53 bits per heavy atom. The van der Waals surface area contributed by atoms with Crippen LogP contribution < -0.4 is 15.6 Å². The van der Waals surface area contributed by atoms with Crippen molar-refractivity contribution in [2.45, 2.75) is 9.79 Å². The molecule has 2 aliphatic rings. The monoisotopic (exact) mass is 473 g/mol. The fourth-order valence-electron chi connectivity index (χ4n) is 3.29. The number of sulfone groups is 1. The molecule has 3 N–H and O–H groups in total. The number of nitrogens with one attached hydrogen (secondary N) is 3. The maximum absolute atomic E-state index is 12.9. The molecule has 1 aliphatic carbocycles. The predicted molar refractivity (Wildman–Crippen MR) is 121 cm³/mol. The first-order chi connectivity index (χ1) is 15.1. The Hall–Kier alpha value is -3.77. The van der Waals surface area contributed by atoms with Gasteiger partial charge in [0.05, 0.1) is 16.3 Å². The van der Waals surface area contributed by atoms with Gasteiger partial charge in [0.1, 0.15) is 4.90 Å². The molecule has 0 spiro atoms. The SMILES string of the molecule is CS(=O)(=O)c1ccccc1S(=O)(=O)Nc1ccc2c(c1)C(=C1C=CC(=[N+]([O-])[O-])C=C1)NN2. The summed E-state index contributed by atoms with van der Waals surface area (Å²) in [5.74, 6) is 0. The van der Waals surface area contributed by atoms with E-state index >= 15 is 0 Å². The molecule has 0 aromatic heterocycles. The minimum Gasteiger partial charge on any atom is -0.612 e. The van der Waals surface area contributed by atoms with Crippen LogP contribution >= 0.6 is 0 Å². The molecule has 0 saturated heterocycles. The van der Waals surface area contributed by atoms with Gasteiger partial charge in [-0.3, -0.25) is 10.1 Å². The molecule has 166 valence electrons. The molecule has 32 heavy (non-hydrogen) atoms. The smallest absolute Gasteiger partial charge is 0.263 e. The van der Waals surface area contributed by atoms with E-state index in [9.17, 15) is 27.3 Å². The number of hydrogen-bond donors (Lipinski definition) is 3. The van der Waals surface area contributed by atoms with E-state index in [-0.39, 0.29) is 21.2 Å². The van der Waals surface area contributed by atoms with Gasteiger partial charge in [0.2, 0.25) is 5.71 Å². The van der Waals surface area contributed by atoms with Crippen molar-refractivity contribution in [3.05, 3.63) is 88.3 Å². The van der Waals surface area contributed by atoms with Crippen LogP contribution in [0.15, 0.2) is 82.1 Å². The first-order valence-corrected chi connectivity index (χ1v) is 12.5. The molecular weight excluding hydrogens is 456 g/mol. The topological polar surface area (TPSA) is 154 Å². The van der Waals surface area contributed by atoms with Gasteiger partial charge < -0.3 is 15.8 Å². The molecule has 0 fully saturated rings. The van der Waals surface area contributed by atoms with E-state index in [4.69, 9.17) is 0 Å². The summed E-state index contributed by atoms with van der Waals surface area (Å²) >= 11 is 0. The second kappa shape index (κ2) is 7.73. The fraction of sp³-hybridized carbons (Fsp3) is 0.0500. The Bertz CT molecular complexity index is 1430. The number of rotatable bonds is 4. The zero-order valence-electron chi connectivity index (χ0n) is 16.6. The van der Waals surface area contributed by atoms with E-state index in [0.717, 1.165) is 6.26 Å². The van der Waals surface area contributed by atoms with Crippen molar-refractivity contribution in [2.24, 2.45) is 0 Å². The fourth-order valence-corrected chi connectivity index (χ4v) is 5.97. The number of nitrogens with zero attached hydrogens (tertiary/aromatic N) is 1. The van der Waals surface area contributed by atoms with Gasteiger partial charge in [0, 0.05) is 35.2 Å². The molecule has 0 unspecified atom stereocenters. The van der Waals surface area contributed by atoms with E-state index in [1.165, 1.54) is 42.5 Å². The number of fused-ring (bicyclic) bond motifs is 1. The Morgan fingerprint density at radius 1 is 0.875 bits per heavy atom. The summed E-state index contributed by atoms with van der Waals surface area (Å²) in [6.07, 6.45) is 6.85. The molecule has 0 bridgehead atoms. The average molecular weight is 474 g/mol. The highest BCUT2D eigenvalue weighted by Crippen LogP contribution is 2.34. The quantitative estimate of drug-likeness (QED) is 0.451. The Kier molecular flexibility index (Phi) is 5.18. The number of anilines is 2. The predicted octanol–water partition coefficient (Wildman–Crippen LogP) is 2.11. The van der Waals surface area contributed by atoms with Crippen molar-refractivity contribution >= 4 is 42.6 Å². The lowest BCUT2D eigenvalue weighted by atomic mass is 10.0. The van der Waals surface area contributed by atoms with Crippen molar-refractivity contribution < 1.29 is 21.7 Å². The minimum atomic E-state index is -4.20. The Morgan fingerprint density at radius 3 is 2.16 bits per heavy atom. The third-order valence-electron chi connectivity index (χ3n) is 4.77. The number of benzene rings is 2. The molecule has 1 aliphatic heterocycles. The first kappa shape index (κ1) is 21.5. The second-order valence-electron chi connectivity index (χ2n) is 7.01. The van der Waals surface area contributed by atoms with Crippen LogP contribution in [0, 0.1) is 10.4 Å². The van der Waals surface area contributed by atoms with Gasteiger partial charge in [-0.1, -0.05) is 12.1 Å². The maximum atomic E-state index is 12.9. The Labute approximate surface area is 184 Å². The van der Waals surface area contributed by atoms with E-state index in [2.05, 4.69) is 15.6 Å². The van der Waals surface area contributed by atoms with Gasteiger partial charge in [-0.15, -0.1) is 0 Å². The molecule has 2 aromatic carbocycles. The molecule has 0 saturated carbocycles. The summed E-state index contributed by atoms with van der Waals surface area (Å²) in [7, 11) is -7.96. The zero-order valence-corrected chi connectivity index (χ0v) is 18.2. The van der Waals surface area contributed by atoms with Crippen LogP contribution in [-0.2, 0) is 19.9 Å². The van der Waals surface area contributed by atoms with Crippen molar-refractivity contribution in [1.29, 1.82) is 0 Å². The lowest BCUT2D eigenvalue weighted by Gasteiger charge is -2.13. The van der Waals surface area contributed by atoms with Crippen LogP contribution in [0.5, 0.6) is 0 Å². The lowest BCUT2D eigenvalue weighted by Crippen LogP contribution is -2.16. The summed E-state index contributed by atoms with van der Waals surface area (Å²) in [5.41, 5.74) is 8.68. The molecular formula is C20H17N4O6S2-. The van der Waals surface area contributed by atoms with Crippen molar-refractivity contribution in [3.63, 3.8) is 0 Å². The van der Waals surface area contributed by atoms with Crippen LogP contribution in [0.25, 0.3) is 5.70 Å². The van der Waals surface area contributed by atoms with Gasteiger partial charge in [-0.2, -0.15) is 4.90 Å². The van der Waals surface area contributed by atoms with E-state index < -0.39 is 24.8 Å². The van der Waals surface area contributed by atoms with Crippen molar-refractivity contribution in [1.82, 2.24) is 5.43 Å². The van der Waals surface area contributed by atoms with E-state index in [0.29, 0.717) is 22.5 Å². The lowest BCUT2D eigenvalue weighted by molar-refractivity contribution is -0.377. The zero-order chi connectivity index (χ0) is 23.1. The first-order valence-electron chi connectivity index (χ1n) is 9.16. The molecule has 12 heteroatoms. The summed E-state index contributed by atoms with van der Waals surface area (Å²) < 4.78 is 52.3. The molecule has 0 amide bonds. The van der Waals surface area contributed by atoms with E-state index in [1.807, 2.05) is 0 Å². The van der Waals surface area contributed by atoms with Crippen molar-refractivity contribution in [2.75, 3.05) is 16.4 Å². The molecule has 10 nitrogen and oxygen atoms in total. The van der Waals surface area contributed by atoms with E-state index in [1.54, 1.807) is 24.3 Å². The second-order valence-corrected chi connectivity index (χ2v) is 10.6. The Balaban J connectivity index is 1.71. The van der Waals surface area contributed by atoms with Gasteiger partial charge in [-0.05, 0) is 42.5 Å². The number of allylic oxidation sites excluding steroid dienone is 5. The van der Waals surface area contributed by atoms with Crippen LogP contribution in [0.3, 0.4) is 0 Å². The minimum absolute atomic E-state index is 0.0495. The van der Waals surface area contributed by atoms with Gasteiger partial charge in [-0.25, -0.2) is 16.8 Å². The maximum Gasteiger partial charge on any atom is 0.263 e. The van der Waals surface area contributed by atoms with Crippen LogP contribution in [-0.4, -0.2) is 33.7 Å². The highest BCUT2D eigenvalue weighted by atomic mass is 32.2. The number of hydrogen-bond acceptors (Lipinski definition) is 8. The number of sulfonamides is 1. The van der Waals surface area contributed by atoms with Crippen LogP contribution in [0.4, 0.5) is 11.4 Å². The van der Waals surface area contributed by atoms with Crippen LogP contribution in [0.2, 0.25) is 0 Å². The van der Waals surface area contributed by atoms with Crippen LogP contribution in [0.1, 0.15) is 5.56 Å². The highest BCUT2D eigenvalue weighted by molar-refractivity contribution is 7.95.